The number of carbonyl (C=O) groups is 2. The van der Waals surface area contributed by atoms with Gasteiger partial charge in [0, 0.05) is 0 Å². The van der Waals surface area contributed by atoms with Crippen LogP contribution in [0.5, 0.6) is 0 Å². The number of carbonyl (C=O) groups excluding carboxylic acids is 2. The van der Waals surface area contributed by atoms with E-state index >= 15 is 0 Å². The van der Waals surface area contributed by atoms with Crippen molar-refractivity contribution in [1.29, 1.82) is 0 Å². The summed E-state index contributed by atoms with van der Waals surface area (Å²) in [6.45, 7) is 0. The molecule has 5 rings (SSSR count). The molecule has 4 atom stereocenters. The molecule has 1 aromatic rings. The van der Waals surface area contributed by atoms with Gasteiger partial charge in [0.25, 0.3) is 11.8 Å². The highest BCUT2D eigenvalue weighted by Gasteiger charge is 2.56. The van der Waals surface area contributed by atoms with Crippen molar-refractivity contribution in [1.82, 2.24) is 5.01 Å². The maximum atomic E-state index is 12.5. The summed E-state index contributed by atoms with van der Waals surface area (Å²) in [7, 11) is 0. The number of hydrogen-bond donors (Lipinski definition) is 0. The lowest BCUT2D eigenvalue weighted by Gasteiger charge is -2.37. The molecule has 4 nitrogen and oxygen atoms in total. The Morgan fingerprint density at radius 3 is 2.05 bits per heavy atom. The zero-order valence-corrected chi connectivity index (χ0v) is 11.6. The first kappa shape index (κ1) is 12.5. The van der Waals surface area contributed by atoms with Crippen molar-refractivity contribution in [3.63, 3.8) is 0 Å². The zero-order chi connectivity index (χ0) is 14.4. The van der Waals surface area contributed by atoms with Crippen LogP contribution in [0.1, 0.15) is 18.4 Å². The van der Waals surface area contributed by atoms with Crippen molar-refractivity contribution in [3.8, 4) is 0 Å². The summed E-state index contributed by atoms with van der Waals surface area (Å²) in [5.74, 6) is -0.197. The van der Waals surface area contributed by atoms with E-state index in [0.717, 1.165) is 23.4 Å². The number of imide groups is 1. The zero-order valence-electron chi connectivity index (χ0n) is 11.6. The van der Waals surface area contributed by atoms with Gasteiger partial charge in [0.15, 0.2) is 0 Å². The number of benzene rings is 1. The van der Waals surface area contributed by atoms with Gasteiger partial charge in [0.1, 0.15) is 0 Å². The van der Waals surface area contributed by atoms with Gasteiger partial charge in [0.05, 0.1) is 18.1 Å². The molecule has 1 saturated heterocycles. The Hall–Kier alpha value is -2.23. The molecule has 4 heteroatoms. The fraction of sp³-hybridized carbons (Fsp3) is 0.353. The number of hydrazone groups is 1. The Morgan fingerprint density at radius 2 is 1.52 bits per heavy atom. The SMILES string of the molecule is O=C1[C@@H]2[C@H](C(=O)N1/N=C\c1ccccc1)[C@@H]1C=C[C@H]2CC1. The average molecular weight is 280 g/mol. The van der Waals surface area contributed by atoms with Crippen LogP contribution in [0.3, 0.4) is 0 Å². The molecular weight excluding hydrogens is 264 g/mol. The van der Waals surface area contributed by atoms with E-state index in [0.29, 0.717) is 0 Å². The quantitative estimate of drug-likeness (QED) is 0.474. The van der Waals surface area contributed by atoms with Gasteiger partial charge >= 0.3 is 0 Å². The van der Waals surface area contributed by atoms with Crippen LogP contribution >= 0.6 is 0 Å². The minimum absolute atomic E-state index is 0.128. The predicted molar refractivity (Wildman–Crippen MR) is 78.2 cm³/mol. The number of rotatable bonds is 2. The summed E-state index contributed by atoms with van der Waals surface area (Å²) < 4.78 is 0. The highest BCUT2D eigenvalue weighted by molar-refractivity contribution is 6.06. The third kappa shape index (κ3) is 1.86. The van der Waals surface area contributed by atoms with Crippen molar-refractivity contribution in [2.24, 2.45) is 28.8 Å². The first-order valence-electron chi connectivity index (χ1n) is 7.41. The fourth-order valence-electron chi connectivity index (χ4n) is 3.84. The molecule has 0 N–H and O–H groups in total. The summed E-state index contributed by atoms with van der Waals surface area (Å²) in [5, 5.41) is 5.26. The number of allylic oxidation sites excluding steroid dienone is 2. The molecule has 106 valence electrons. The van der Waals surface area contributed by atoms with Crippen LogP contribution in [0.15, 0.2) is 47.6 Å². The fourth-order valence-corrected chi connectivity index (χ4v) is 3.84. The smallest absolute Gasteiger partial charge is 0.254 e. The molecule has 0 unspecified atom stereocenters. The minimum Gasteiger partial charge on any atom is -0.272 e. The van der Waals surface area contributed by atoms with Crippen LogP contribution in [-0.4, -0.2) is 23.0 Å². The summed E-state index contributed by atoms with van der Waals surface area (Å²) in [4.78, 5) is 25.0. The molecule has 2 bridgehead atoms. The molecule has 0 spiro atoms. The van der Waals surface area contributed by atoms with E-state index in [1.165, 1.54) is 0 Å². The molecule has 21 heavy (non-hydrogen) atoms. The Bertz CT molecular complexity index is 618. The molecule has 1 aliphatic heterocycles. The lowest BCUT2D eigenvalue weighted by atomic mass is 9.63. The maximum absolute atomic E-state index is 12.5. The molecule has 4 aliphatic rings. The summed E-state index contributed by atoms with van der Waals surface area (Å²) in [6.07, 6.45) is 7.84. The number of hydrogen-bond acceptors (Lipinski definition) is 3. The summed E-state index contributed by atoms with van der Waals surface area (Å²) in [5.41, 5.74) is 0.883. The van der Waals surface area contributed by atoms with Crippen LogP contribution in [0.25, 0.3) is 0 Å². The van der Waals surface area contributed by atoms with E-state index in [1.807, 2.05) is 30.3 Å². The average Bonchev–Trinajstić information content (AvgIpc) is 2.81. The molecule has 1 heterocycles. The Kier molecular flexibility index (Phi) is 2.77. The summed E-state index contributed by atoms with van der Waals surface area (Å²) in [6, 6.07) is 9.51. The van der Waals surface area contributed by atoms with Gasteiger partial charge in [-0.2, -0.15) is 10.1 Å². The van der Waals surface area contributed by atoms with Gasteiger partial charge in [-0.3, -0.25) is 9.59 Å². The number of amides is 2. The van der Waals surface area contributed by atoms with Crippen LogP contribution in [0, 0.1) is 23.7 Å². The highest BCUT2D eigenvalue weighted by Crippen LogP contribution is 2.49. The van der Waals surface area contributed by atoms with Crippen molar-refractivity contribution < 1.29 is 9.59 Å². The van der Waals surface area contributed by atoms with Gasteiger partial charge in [-0.25, -0.2) is 0 Å². The van der Waals surface area contributed by atoms with Gasteiger partial charge < -0.3 is 0 Å². The second-order valence-corrected chi connectivity index (χ2v) is 5.99. The van der Waals surface area contributed by atoms with Gasteiger partial charge in [-0.1, -0.05) is 42.5 Å². The highest BCUT2D eigenvalue weighted by atomic mass is 16.2. The standard InChI is InChI=1S/C17H16N2O2/c20-16-14-12-6-7-13(9-8-12)15(14)17(21)19(16)18-10-11-4-2-1-3-5-11/h1-7,10,12-15H,8-9H2/b18-10-/t12-,13+,14-,15+. The van der Waals surface area contributed by atoms with Crippen LogP contribution in [0.2, 0.25) is 0 Å². The lowest BCUT2D eigenvalue weighted by molar-refractivity contribution is -0.140. The van der Waals surface area contributed by atoms with Gasteiger partial charge in [0.2, 0.25) is 0 Å². The summed E-state index contributed by atoms with van der Waals surface area (Å²) >= 11 is 0. The molecule has 2 fully saturated rings. The van der Waals surface area contributed by atoms with E-state index < -0.39 is 0 Å². The van der Waals surface area contributed by atoms with E-state index in [2.05, 4.69) is 17.3 Å². The maximum Gasteiger partial charge on any atom is 0.254 e. The van der Waals surface area contributed by atoms with Crippen LogP contribution < -0.4 is 0 Å². The largest absolute Gasteiger partial charge is 0.272 e. The Labute approximate surface area is 123 Å². The molecule has 3 aliphatic carbocycles. The van der Waals surface area contributed by atoms with Gasteiger partial charge in [-0.15, -0.1) is 0 Å². The van der Waals surface area contributed by atoms with Crippen molar-refractivity contribution in [3.05, 3.63) is 48.0 Å². The molecule has 1 aromatic carbocycles. The first-order valence-corrected chi connectivity index (χ1v) is 7.41. The predicted octanol–water partition coefficient (Wildman–Crippen LogP) is 2.22. The monoisotopic (exact) mass is 280 g/mol. The molecule has 1 saturated carbocycles. The third-order valence-corrected chi connectivity index (χ3v) is 4.86. The molecular formula is C17H16N2O2. The van der Waals surface area contributed by atoms with E-state index in [-0.39, 0.29) is 35.5 Å². The van der Waals surface area contributed by atoms with E-state index in [1.54, 1.807) is 6.21 Å². The van der Waals surface area contributed by atoms with Crippen LogP contribution in [0.4, 0.5) is 0 Å². The second-order valence-electron chi connectivity index (χ2n) is 5.99. The number of fused-ring (bicyclic) bond motifs is 1. The second kappa shape index (κ2) is 4.65. The minimum atomic E-state index is -0.186. The van der Waals surface area contributed by atoms with Crippen molar-refractivity contribution >= 4 is 18.0 Å². The Balaban J connectivity index is 1.62. The van der Waals surface area contributed by atoms with Crippen LogP contribution in [-0.2, 0) is 9.59 Å². The Morgan fingerprint density at radius 1 is 0.952 bits per heavy atom. The molecule has 2 amide bonds. The van der Waals surface area contributed by atoms with Crippen molar-refractivity contribution in [2.45, 2.75) is 12.8 Å². The van der Waals surface area contributed by atoms with E-state index in [4.69, 9.17) is 0 Å². The molecule has 0 aromatic heterocycles. The lowest BCUT2D eigenvalue weighted by Crippen LogP contribution is -2.38. The first-order chi connectivity index (χ1) is 10.3. The molecule has 0 radical (unpaired) electrons. The third-order valence-electron chi connectivity index (χ3n) is 4.86. The van der Waals surface area contributed by atoms with Gasteiger partial charge in [-0.05, 0) is 30.2 Å². The van der Waals surface area contributed by atoms with E-state index in [9.17, 15) is 9.59 Å². The normalized spacial score (nSPS) is 34.0. The number of nitrogens with zero attached hydrogens (tertiary/aromatic N) is 2. The van der Waals surface area contributed by atoms with Crippen molar-refractivity contribution in [2.75, 3.05) is 0 Å². The topological polar surface area (TPSA) is 49.7 Å².